The number of hydrogen-bond acceptors (Lipinski definition) is 25. The van der Waals surface area contributed by atoms with Gasteiger partial charge in [0.25, 0.3) is 0 Å². The number of hydrogen-bond donors (Lipinski definition) is 9. The molecule has 10 N–H and O–H groups in total. The number of likely N-dealkylation sites (tertiary alicyclic amines) is 7. The second-order valence-electron chi connectivity index (χ2n) is 46.8. The van der Waals surface area contributed by atoms with Crippen LogP contribution in [-0.4, -0.2) is 471 Å². The number of amides is 7. The molecular formula is C112H227N19O13. The summed E-state index contributed by atoms with van der Waals surface area (Å²) in [5.41, 5.74) is 5.23. The minimum atomic E-state index is -0.193. The van der Waals surface area contributed by atoms with E-state index in [-0.39, 0.29) is 108 Å². The van der Waals surface area contributed by atoms with Crippen molar-refractivity contribution >= 4 is 47.1 Å². The van der Waals surface area contributed by atoms with Crippen LogP contribution in [0.4, 0.5) is 0 Å². The molecule has 0 spiro atoms. The Kier molecular flexibility index (Phi) is 74.0. The molecule has 32 nitrogen and oxygen atoms in total. The number of Topliss-reactive ketones (excluding diaryl/α,β-unsaturated/α-hetero) is 1. The van der Waals surface area contributed by atoms with Crippen molar-refractivity contribution in [2.45, 2.75) is 374 Å². The third kappa shape index (κ3) is 62.3. The van der Waals surface area contributed by atoms with E-state index in [1.54, 1.807) is 0 Å². The van der Waals surface area contributed by atoms with Gasteiger partial charge < -0.3 is 106 Å². The number of aliphatic hydroxyl groups excluding tert-OH is 5. The molecule has 1 saturated carbocycles. The number of piperazine rings is 4. The van der Waals surface area contributed by atoms with Crippen molar-refractivity contribution in [3.8, 4) is 0 Å². The van der Waals surface area contributed by atoms with Gasteiger partial charge in [0, 0.05) is 265 Å². The first-order valence-corrected chi connectivity index (χ1v) is 57.1. The third-order valence-corrected chi connectivity index (χ3v) is 30.0. The summed E-state index contributed by atoms with van der Waals surface area (Å²) in [7, 11) is 13.0. The average Bonchev–Trinajstić information content (AvgIpc) is 0.840. The molecule has 11 aliphatic heterocycles. The number of piperidine rings is 7. The number of carbonyl (C=O) groups excluding carboxylic acids is 8. The quantitative estimate of drug-likeness (QED) is 0.0486. The molecule has 0 atom stereocenters. The minimum Gasteiger partial charge on any atom is -0.396 e. The number of nitrogens with two attached hydrogens (primary N) is 1. The second-order valence-corrected chi connectivity index (χ2v) is 46.8. The topological polar surface area (TPSA) is 348 Å². The van der Waals surface area contributed by atoms with Crippen molar-refractivity contribution in [1.29, 1.82) is 0 Å². The molecule has 0 aromatic heterocycles. The number of primary amides is 1. The highest BCUT2D eigenvalue weighted by molar-refractivity contribution is 5.81. The smallest absolute Gasteiger partial charge is 0.225 e. The predicted octanol–water partition coefficient (Wildman–Crippen LogP) is 9.89. The molecule has 0 aromatic rings. The molecule has 0 radical (unpaired) electrons. The summed E-state index contributed by atoms with van der Waals surface area (Å²) < 4.78 is 0. The van der Waals surface area contributed by atoms with Crippen molar-refractivity contribution in [2.75, 3.05) is 252 Å². The Morgan fingerprint density at radius 3 is 0.792 bits per heavy atom. The standard InChI is InChI=1S/C14H27N3O.C13H27N3.2C10H20N2O.C10H19NO2.2C9H18N2O.C9H17NO2.C8H18N2.C8H17NO.C7H14O2.C5H12O/c1-12(2)14(18)17-6-4-13(5-7-17)16-10-8-15(3)9-11-16;1-12(2)15-6-4-13(5-7-15)16-10-8-14(3)9-11-16;2*1-8(2)10(13)11-9-4-6-12(3)7-5-9;1-7(2)10(13)11-8-3-5-9(12)6-4-8;1-8(2)9(12)11-6-4-10(3)5-7-11;1-7(2)11-5-3-8(4-6-11)9(10)12;1-7(2)9(12)10-5-3-8(11)4-6-10;1-8(2)10-6-4-9(3)5-7-10;1-7(2)9-5-3-8(10)4-6-9;1-6(2)7(9)4-3-5-8;1-5(2)3-4-6/h12-13H,4-11H2,1-3H3;12-13H,4-11H2,1-3H3;2*8-9H,4-7H2,1-3H3,(H,11,13);7-9,12H,3-6H2,1-2H3,(H,11,13);8H,4-7H2,1-3H3;7-8H,3-6H2,1-2H3,(H2,10,12);7-8,11H,3-6H2,1-2H3;8H,4-7H2,1-3H3;7-8,10H,3-6H2,1-2H3;6,8H,3-5H2,1-2H3;5-6H,3-4H2,1-2H3. The van der Waals surface area contributed by atoms with E-state index in [1.165, 1.54) is 104 Å². The van der Waals surface area contributed by atoms with Crippen LogP contribution in [0.2, 0.25) is 0 Å². The first kappa shape index (κ1) is 137. The largest absolute Gasteiger partial charge is 0.396 e. The lowest BCUT2D eigenvalue weighted by Gasteiger charge is -2.43. The fourth-order valence-electron chi connectivity index (χ4n) is 18.7. The van der Waals surface area contributed by atoms with Crippen LogP contribution >= 0.6 is 0 Å². The fourth-order valence-corrected chi connectivity index (χ4v) is 18.7. The number of likely N-dealkylation sites (N-methyl/N-ethyl adjacent to an activating group) is 4. The van der Waals surface area contributed by atoms with E-state index in [1.807, 2.05) is 107 Å². The van der Waals surface area contributed by atoms with Gasteiger partial charge in [-0.3, -0.25) is 53.1 Å². The summed E-state index contributed by atoms with van der Waals surface area (Å²) in [5.74, 6) is 3.00. The Morgan fingerprint density at radius 1 is 0.271 bits per heavy atom. The van der Waals surface area contributed by atoms with Crippen LogP contribution in [0.3, 0.4) is 0 Å². The summed E-state index contributed by atoms with van der Waals surface area (Å²) in [4.78, 5) is 126. The first-order valence-electron chi connectivity index (χ1n) is 57.1. The molecule has 12 aliphatic rings. The van der Waals surface area contributed by atoms with Crippen molar-refractivity contribution < 1.29 is 63.9 Å². The summed E-state index contributed by atoms with van der Waals surface area (Å²) in [6, 6.07) is 5.38. The van der Waals surface area contributed by atoms with Gasteiger partial charge in [-0.15, -0.1) is 0 Å². The van der Waals surface area contributed by atoms with E-state index in [2.05, 4.69) is 191 Å². The second kappa shape index (κ2) is 77.6. The van der Waals surface area contributed by atoms with Gasteiger partial charge in [0.05, 0.1) is 18.3 Å². The Bertz CT molecular complexity index is 3110. The molecule has 11 saturated heterocycles. The van der Waals surface area contributed by atoms with E-state index in [4.69, 9.17) is 15.9 Å². The summed E-state index contributed by atoms with van der Waals surface area (Å²) in [6.45, 7) is 82.7. The number of aliphatic hydroxyl groups is 5. The van der Waals surface area contributed by atoms with Crippen molar-refractivity contribution in [3.63, 3.8) is 0 Å². The zero-order chi connectivity index (χ0) is 109. The lowest BCUT2D eigenvalue weighted by atomic mass is 9.93. The van der Waals surface area contributed by atoms with Crippen LogP contribution in [0.1, 0.15) is 301 Å². The Labute approximate surface area is 880 Å². The average molecular weight is 2050 g/mol. The normalized spacial score (nSPS) is 22.1. The van der Waals surface area contributed by atoms with Crippen LogP contribution in [-0.2, 0) is 38.4 Å². The van der Waals surface area contributed by atoms with Gasteiger partial charge in [0.15, 0.2) is 0 Å². The molecule has 11 heterocycles. The molecule has 0 bridgehead atoms. The highest BCUT2D eigenvalue weighted by Crippen LogP contribution is 2.25. The van der Waals surface area contributed by atoms with E-state index in [9.17, 15) is 53.7 Å². The van der Waals surface area contributed by atoms with Gasteiger partial charge in [-0.25, -0.2) is 0 Å². The van der Waals surface area contributed by atoms with Crippen LogP contribution in [0.25, 0.3) is 0 Å². The molecule has 12 fully saturated rings. The van der Waals surface area contributed by atoms with Crippen LogP contribution in [0, 0.1) is 53.3 Å². The van der Waals surface area contributed by atoms with E-state index >= 15 is 0 Å². The molecule has 848 valence electrons. The molecule has 12 rings (SSSR count). The maximum Gasteiger partial charge on any atom is 0.225 e. The number of rotatable bonds is 22. The summed E-state index contributed by atoms with van der Waals surface area (Å²) in [5, 5.41) is 53.4. The minimum absolute atomic E-state index is 0.0324. The maximum atomic E-state index is 11.9. The van der Waals surface area contributed by atoms with Crippen LogP contribution < -0.4 is 21.7 Å². The fraction of sp³-hybridized carbons (Fsp3) is 0.929. The van der Waals surface area contributed by atoms with E-state index < -0.39 is 0 Å². The Hall–Kier alpha value is -4.72. The number of carbonyl (C=O) groups is 8. The molecule has 0 unspecified atom stereocenters. The monoisotopic (exact) mass is 2050 g/mol. The van der Waals surface area contributed by atoms with Crippen LogP contribution in [0.5, 0.6) is 0 Å². The molecule has 7 amide bonds. The molecule has 144 heavy (non-hydrogen) atoms. The third-order valence-electron chi connectivity index (χ3n) is 30.0. The lowest BCUT2D eigenvalue weighted by molar-refractivity contribution is -0.137. The predicted molar refractivity (Wildman–Crippen MR) is 594 cm³/mol. The highest BCUT2D eigenvalue weighted by Gasteiger charge is 2.34. The molecule has 0 aromatic carbocycles. The van der Waals surface area contributed by atoms with Crippen molar-refractivity contribution in [1.82, 2.24) is 89.4 Å². The summed E-state index contributed by atoms with van der Waals surface area (Å²) >= 11 is 0. The molecule has 1 aliphatic carbocycles. The van der Waals surface area contributed by atoms with Gasteiger partial charge in [-0.05, 0) is 284 Å². The van der Waals surface area contributed by atoms with Gasteiger partial charge in [0.2, 0.25) is 41.4 Å². The number of ketones is 1. The Morgan fingerprint density at radius 2 is 0.521 bits per heavy atom. The maximum absolute atomic E-state index is 11.9. The van der Waals surface area contributed by atoms with Gasteiger partial charge in [-0.1, -0.05) is 111 Å². The molecular weight excluding hydrogens is 1820 g/mol. The molecule has 32 heteroatoms. The zero-order valence-corrected chi connectivity index (χ0v) is 97.9. The van der Waals surface area contributed by atoms with Gasteiger partial charge >= 0.3 is 0 Å². The van der Waals surface area contributed by atoms with E-state index in [0.29, 0.717) is 73.4 Å². The van der Waals surface area contributed by atoms with Crippen LogP contribution in [0.15, 0.2) is 0 Å². The van der Waals surface area contributed by atoms with E-state index in [0.717, 1.165) is 232 Å². The zero-order valence-electron chi connectivity index (χ0n) is 97.9. The first-order chi connectivity index (χ1) is 67.7. The highest BCUT2D eigenvalue weighted by atomic mass is 16.3. The summed E-state index contributed by atoms with van der Waals surface area (Å²) in [6.07, 6.45) is 19.9. The number of nitrogens with one attached hydrogen (secondary N) is 3. The lowest BCUT2D eigenvalue weighted by Crippen LogP contribution is -2.53. The van der Waals surface area contributed by atoms with Gasteiger partial charge in [-0.2, -0.15) is 0 Å². The van der Waals surface area contributed by atoms with Gasteiger partial charge in [0.1, 0.15) is 5.78 Å². The van der Waals surface area contributed by atoms with Crippen molar-refractivity contribution in [2.24, 2.45) is 59.0 Å². The Balaban J connectivity index is 0.000000791. The van der Waals surface area contributed by atoms with Crippen molar-refractivity contribution in [3.05, 3.63) is 0 Å². The number of nitrogens with zero attached hydrogens (tertiary/aromatic N) is 15. The SMILES string of the molecule is CC(C)C(=O)CCCO.CC(C)C(=O)N1CCC(N2CCN(C)CC2)CC1.CC(C)C(=O)N1CCC(O)CC1.CC(C)C(=O)N1CCN(C)CC1.CC(C)C(=O)NC1CCC(O)CC1.CC(C)C(=O)NC1CCN(C)CC1.CC(C)C(=O)NC1CCN(C)CC1.CC(C)CCO.CC(C)N1CCC(C(N)=O)CC1.CC(C)N1CCC(N2CCN(C)CC2)CC1.CC(C)N1CCC(O)CC1.CC(C)N1CCN(C)CC1.